The summed E-state index contributed by atoms with van der Waals surface area (Å²) in [7, 11) is 1.73. The highest BCUT2D eigenvalue weighted by molar-refractivity contribution is 7.99. The standard InChI is InChI=1S/C18H14ClF2N3OS/c1-11-17(24(10-25)16-7-6-13(20)9-15(16)21)18(23(2)22-11)26-14-5-3-4-12(19)8-14/h3-10H,1-2H3. The summed E-state index contributed by atoms with van der Waals surface area (Å²) in [5, 5.41) is 5.54. The molecule has 0 atom stereocenters. The molecular weight excluding hydrogens is 380 g/mol. The van der Waals surface area contributed by atoms with Crippen molar-refractivity contribution < 1.29 is 13.6 Å². The minimum atomic E-state index is -0.834. The molecule has 0 radical (unpaired) electrons. The molecule has 0 spiro atoms. The Hall–Kier alpha value is -2.38. The van der Waals surface area contributed by atoms with Gasteiger partial charge in [0.2, 0.25) is 6.41 Å². The van der Waals surface area contributed by atoms with Gasteiger partial charge in [-0.1, -0.05) is 29.4 Å². The van der Waals surface area contributed by atoms with Crippen molar-refractivity contribution in [1.82, 2.24) is 9.78 Å². The van der Waals surface area contributed by atoms with Gasteiger partial charge < -0.3 is 0 Å². The Bertz CT molecular complexity index is 977. The van der Waals surface area contributed by atoms with Crippen LogP contribution in [0.1, 0.15) is 5.69 Å². The molecule has 0 saturated heterocycles. The van der Waals surface area contributed by atoms with Crippen molar-refractivity contribution in [1.29, 1.82) is 0 Å². The fourth-order valence-corrected chi connectivity index (χ4v) is 3.89. The number of aryl methyl sites for hydroxylation is 2. The summed E-state index contributed by atoms with van der Waals surface area (Å²) < 4.78 is 29.1. The Morgan fingerprint density at radius 1 is 1.23 bits per heavy atom. The van der Waals surface area contributed by atoms with Gasteiger partial charge in [0.05, 0.1) is 11.4 Å². The number of halogens is 3. The number of aromatic nitrogens is 2. The van der Waals surface area contributed by atoms with Crippen molar-refractivity contribution in [3.05, 3.63) is 64.8 Å². The first kappa shape index (κ1) is 18.4. The molecular formula is C18H14ClF2N3OS. The summed E-state index contributed by atoms with van der Waals surface area (Å²) in [4.78, 5) is 13.7. The summed E-state index contributed by atoms with van der Waals surface area (Å²) in [5.74, 6) is -1.55. The second-order valence-corrected chi connectivity index (χ2v) is 6.99. The Balaban J connectivity index is 2.10. The van der Waals surface area contributed by atoms with Gasteiger partial charge >= 0.3 is 0 Å². The lowest BCUT2D eigenvalue weighted by atomic mass is 10.2. The predicted octanol–water partition coefficient (Wildman–Crippen LogP) is 5.11. The van der Waals surface area contributed by atoms with Crippen molar-refractivity contribution >= 4 is 41.1 Å². The second-order valence-electron chi connectivity index (χ2n) is 5.49. The van der Waals surface area contributed by atoms with E-state index in [1.807, 2.05) is 12.1 Å². The zero-order chi connectivity index (χ0) is 18.8. The van der Waals surface area contributed by atoms with Gasteiger partial charge in [-0.05, 0) is 37.3 Å². The van der Waals surface area contributed by atoms with Crippen LogP contribution in [0.3, 0.4) is 0 Å². The van der Waals surface area contributed by atoms with E-state index in [9.17, 15) is 13.6 Å². The maximum atomic E-state index is 14.2. The average molecular weight is 394 g/mol. The highest BCUT2D eigenvalue weighted by Crippen LogP contribution is 2.40. The quantitative estimate of drug-likeness (QED) is 0.565. The maximum Gasteiger partial charge on any atom is 0.218 e. The number of benzene rings is 2. The maximum absolute atomic E-state index is 14.2. The summed E-state index contributed by atoms with van der Waals surface area (Å²) >= 11 is 7.37. The zero-order valence-electron chi connectivity index (χ0n) is 13.9. The van der Waals surface area contributed by atoms with E-state index < -0.39 is 11.6 Å². The average Bonchev–Trinajstić information content (AvgIpc) is 2.84. The number of carbonyl (C=O) groups excluding carboxylic acids is 1. The Labute approximate surface area is 158 Å². The van der Waals surface area contributed by atoms with E-state index >= 15 is 0 Å². The fourth-order valence-electron chi connectivity index (χ4n) is 2.57. The Morgan fingerprint density at radius 3 is 2.65 bits per heavy atom. The molecule has 0 aliphatic heterocycles. The molecule has 2 aromatic carbocycles. The molecule has 1 amide bonds. The van der Waals surface area contributed by atoms with Crippen LogP contribution in [0.25, 0.3) is 0 Å². The minimum absolute atomic E-state index is 0.0505. The zero-order valence-corrected chi connectivity index (χ0v) is 15.5. The topological polar surface area (TPSA) is 38.1 Å². The van der Waals surface area contributed by atoms with Crippen molar-refractivity contribution in [2.24, 2.45) is 7.05 Å². The van der Waals surface area contributed by atoms with Crippen LogP contribution in [0.4, 0.5) is 20.2 Å². The molecule has 0 N–H and O–H groups in total. The number of hydrogen-bond acceptors (Lipinski definition) is 3. The van der Waals surface area contributed by atoms with Crippen LogP contribution in [0.2, 0.25) is 5.02 Å². The normalized spacial score (nSPS) is 10.8. The number of anilines is 2. The lowest BCUT2D eigenvalue weighted by molar-refractivity contribution is -0.106. The molecule has 3 aromatic rings. The lowest BCUT2D eigenvalue weighted by Crippen LogP contribution is -2.17. The Morgan fingerprint density at radius 2 is 2.00 bits per heavy atom. The van der Waals surface area contributed by atoms with Crippen molar-refractivity contribution in [3.63, 3.8) is 0 Å². The number of rotatable bonds is 5. The molecule has 134 valence electrons. The van der Waals surface area contributed by atoms with E-state index in [0.29, 0.717) is 27.8 Å². The number of hydrogen-bond donors (Lipinski definition) is 0. The molecule has 0 fully saturated rings. The van der Waals surface area contributed by atoms with Crippen LogP contribution in [0.15, 0.2) is 52.4 Å². The van der Waals surface area contributed by atoms with Crippen LogP contribution in [-0.2, 0) is 11.8 Å². The van der Waals surface area contributed by atoms with Crippen LogP contribution >= 0.6 is 23.4 Å². The highest BCUT2D eigenvalue weighted by atomic mass is 35.5. The fraction of sp³-hybridized carbons (Fsp3) is 0.111. The molecule has 8 heteroatoms. The first-order valence-electron chi connectivity index (χ1n) is 7.57. The van der Waals surface area contributed by atoms with Crippen molar-refractivity contribution in [2.45, 2.75) is 16.8 Å². The first-order chi connectivity index (χ1) is 12.4. The van der Waals surface area contributed by atoms with Crippen LogP contribution in [0.5, 0.6) is 0 Å². The molecule has 0 aliphatic carbocycles. The van der Waals surface area contributed by atoms with Crippen LogP contribution in [0, 0.1) is 18.6 Å². The molecule has 4 nitrogen and oxygen atoms in total. The van der Waals surface area contributed by atoms with E-state index in [-0.39, 0.29) is 5.69 Å². The largest absolute Gasteiger partial charge is 0.278 e. The predicted molar refractivity (Wildman–Crippen MR) is 98.1 cm³/mol. The van der Waals surface area contributed by atoms with Gasteiger partial charge in [0.15, 0.2) is 0 Å². The molecule has 0 bridgehead atoms. The smallest absolute Gasteiger partial charge is 0.218 e. The van der Waals surface area contributed by atoms with Gasteiger partial charge in [-0.15, -0.1) is 0 Å². The molecule has 0 unspecified atom stereocenters. The third kappa shape index (κ3) is 3.59. The molecule has 1 aromatic heterocycles. The van der Waals surface area contributed by atoms with E-state index in [1.54, 1.807) is 30.8 Å². The lowest BCUT2D eigenvalue weighted by Gasteiger charge is -2.19. The second kappa shape index (κ2) is 7.47. The molecule has 0 aliphatic rings. The highest BCUT2D eigenvalue weighted by Gasteiger charge is 2.24. The molecule has 3 rings (SSSR count). The molecule has 26 heavy (non-hydrogen) atoms. The monoisotopic (exact) mass is 393 g/mol. The van der Waals surface area contributed by atoms with Gasteiger partial charge in [-0.2, -0.15) is 5.10 Å². The van der Waals surface area contributed by atoms with Gasteiger partial charge in [-0.3, -0.25) is 14.4 Å². The van der Waals surface area contributed by atoms with Gasteiger partial charge in [0.1, 0.15) is 22.3 Å². The summed E-state index contributed by atoms with van der Waals surface area (Å²) in [6, 6.07) is 10.3. The third-order valence-corrected chi connectivity index (χ3v) is 5.04. The first-order valence-corrected chi connectivity index (χ1v) is 8.76. The molecule has 1 heterocycles. The summed E-state index contributed by atoms with van der Waals surface area (Å²) in [6.45, 7) is 1.72. The number of carbonyl (C=O) groups is 1. The summed E-state index contributed by atoms with van der Waals surface area (Å²) in [6.07, 6.45) is 0.488. The van der Waals surface area contributed by atoms with E-state index in [2.05, 4.69) is 5.10 Å². The van der Waals surface area contributed by atoms with Crippen molar-refractivity contribution in [2.75, 3.05) is 4.90 Å². The Kier molecular flexibility index (Phi) is 5.29. The third-order valence-electron chi connectivity index (χ3n) is 3.67. The van der Waals surface area contributed by atoms with E-state index in [1.165, 1.54) is 17.8 Å². The van der Waals surface area contributed by atoms with Crippen molar-refractivity contribution in [3.8, 4) is 0 Å². The van der Waals surface area contributed by atoms with Crippen LogP contribution in [-0.4, -0.2) is 16.2 Å². The minimum Gasteiger partial charge on any atom is -0.278 e. The van der Waals surface area contributed by atoms with Gasteiger partial charge in [-0.25, -0.2) is 8.78 Å². The number of nitrogens with zero attached hydrogens (tertiary/aromatic N) is 3. The van der Waals surface area contributed by atoms with E-state index in [0.717, 1.165) is 21.9 Å². The van der Waals surface area contributed by atoms with E-state index in [4.69, 9.17) is 11.6 Å². The van der Waals surface area contributed by atoms with Gasteiger partial charge in [0.25, 0.3) is 0 Å². The van der Waals surface area contributed by atoms with Gasteiger partial charge in [0, 0.05) is 23.0 Å². The SMILES string of the molecule is Cc1nn(C)c(Sc2cccc(Cl)c2)c1N(C=O)c1ccc(F)cc1F. The number of amides is 1. The van der Waals surface area contributed by atoms with Crippen LogP contribution < -0.4 is 4.90 Å². The summed E-state index contributed by atoms with van der Waals surface area (Å²) in [5.41, 5.74) is 0.913. The molecule has 0 saturated carbocycles.